The molecule has 13 nitrogen and oxygen atoms in total. The third-order valence-corrected chi connectivity index (χ3v) is 10.3. The molecule has 52 heavy (non-hydrogen) atoms. The summed E-state index contributed by atoms with van der Waals surface area (Å²) in [5.41, 5.74) is 3.07. The van der Waals surface area contributed by atoms with Crippen molar-refractivity contribution in [1.82, 2.24) is 24.7 Å². The zero-order chi connectivity index (χ0) is 37.2. The molecule has 1 saturated heterocycles. The number of hydrogen-bond acceptors (Lipinski definition) is 10. The summed E-state index contributed by atoms with van der Waals surface area (Å²) in [7, 11) is 4.04. The molecule has 1 N–H and O–H groups in total. The number of carbonyl (C=O) groups is 2. The molecule has 0 bridgehead atoms. The third kappa shape index (κ3) is 8.12. The van der Waals surface area contributed by atoms with E-state index in [-0.39, 0.29) is 31.7 Å². The SMILES string of the molecule is Cc1cccc2cccc(N3CCc4c(nc(OCC5(N(CCCN(C)C)C(=O)OC(C)(C)C)CC5)nc4N4CCN(C(=O)O)[C@@H](CC#N)C4)C3)c12. The monoisotopic (exact) mass is 712 g/mol. The highest BCUT2D eigenvalue weighted by molar-refractivity contribution is 5.97. The van der Waals surface area contributed by atoms with E-state index >= 15 is 0 Å². The number of aromatic nitrogens is 2. The van der Waals surface area contributed by atoms with Gasteiger partial charge in [-0.3, -0.25) is 4.90 Å². The van der Waals surface area contributed by atoms with Crippen LogP contribution in [0.3, 0.4) is 0 Å². The molecule has 0 spiro atoms. The molecule has 3 aromatic rings. The van der Waals surface area contributed by atoms with E-state index in [2.05, 4.69) is 64.1 Å². The van der Waals surface area contributed by atoms with E-state index in [1.54, 1.807) is 0 Å². The molecule has 3 heterocycles. The van der Waals surface area contributed by atoms with Gasteiger partial charge in [-0.15, -0.1) is 0 Å². The highest BCUT2D eigenvalue weighted by atomic mass is 16.6. The highest BCUT2D eigenvalue weighted by Crippen LogP contribution is 2.43. The maximum atomic E-state index is 13.6. The second-order valence-electron chi connectivity index (χ2n) is 15.6. The van der Waals surface area contributed by atoms with Crippen molar-refractivity contribution in [3.8, 4) is 12.1 Å². The van der Waals surface area contributed by atoms with E-state index in [0.717, 1.165) is 55.1 Å². The normalized spacial score (nSPS) is 18.2. The van der Waals surface area contributed by atoms with Crippen LogP contribution in [0, 0.1) is 18.3 Å². The van der Waals surface area contributed by atoms with Gasteiger partial charge in [-0.1, -0.05) is 30.3 Å². The molecule has 13 heteroatoms. The van der Waals surface area contributed by atoms with Crippen molar-refractivity contribution in [3.05, 3.63) is 53.2 Å². The summed E-state index contributed by atoms with van der Waals surface area (Å²) in [5.74, 6) is 0.724. The number of carboxylic acid groups (broad SMARTS) is 1. The van der Waals surface area contributed by atoms with Gasteiger partial charge < -0.3 is 34.2 Å². The molecule has 278 valence electrons. The number of benzene rings is 2. The first-order chi connectivity index (χ1) is 24.8. The van der Waals surface area contributed by atoms with E-state index in [4.69, 9.17) is 19.4 Å². The largest absolute Gasteiger partial charge is 0.465 e. The molecule has 2 aromatic carbocycles. The predicted molar refractivity (Wildman–Crippen MR) is 200 cm³/mol. The van der Waals surface area contributed by atoms with Gasteiger partial charge in [0.1, 0.15) is 18.0 Å². The van der Waals surface area contributed by atoms with E-state index in [9.17, 15) is 20.0 Å². The minimum absolute atomic E-state index is 0.0878. The number of hydrogen-bond donors (Lipinski definition) is 1. The number of carbonyl (C=O) groups excluding carboxylic acids is 1. The van der Waals surface area contributed by atoms with Crippen molar-refractivity contribution in [3.63, 3.8) is 0 Å². The lowest BCUT2D eigenvalue weighted by molar-refractivity contribution is 0.00526. The van der Waals surface area contributed by atoms with E-state index in [1.807, 2.05) is 39.8 Å². The van der Waals surface area contributed by atoms with Crippen LogP contribution in [0.2, 0.25) is 0 Å². The number of fused-ring (bicyclic) bond motifs is 2. The molecule has 2 aliphatic heterocycles. The Morgan fingerprint density at radius 1 is 1.06 bits per heavy atom. The van der Waals surface area contributed by atoms with Crippen molar-refractivity contribution >= 4 is 34.5 Å². The smallest absolute Gasteiger partial charge is 0.410 e. The molecule has 1 saturated carbocycles. The Hall–Kier alpha value is -4.83. The van der Waals surface area contributed by atoms with E-state index < -0.39 is 23.3 Å². The van der Waals surface area contributed by atoms with Crippen LogP contribution in [-0.2, 0) is 17.7 Å². The molecule has 6 rings (SSSR count). The molecule has 1 atom stereocenters. The number of piperazine rings is 1. The topological polar surface area (TPSA) is 139 Å². The Bertz CT molecular complexity index is 1830. The fraction of sp³-hybridized carbons (Fsp3) is 0.564. The molecule has 2 fully saturated rings. The quantitative estimate of drug-likeness (QED) is 0.263. The summed E-state index contributed by atoms with van der Waals surface area (Å²) < 4.78 is 12.4. The molecule has 2 amide bonds. The molecule has 0 radical (unpaired) electrons. The minimum atomic E-state index is -1.02. The lowest BCUT2D eigenvalue weighted by atomic mass is 9.99. The number of aryl methyl sites for hydroxylation is 1. The van der Waals surface area contributed by atoms with Crippen molar-refractivity contribution in [2.24, 2.45) is 0 Å². The number of ether oxygens (including phenoxy) is 2. The highest BCUT2D eigenvalue weighted by Gasteiger charge is 2.52. The number of anilines is 2. The first-order valence-electron chi connectivity index (χ1n) is 18.3. The predicted octanol–water partition coefficient (Wildman–Crippen LogP) is 5.68. The standard InChI is InChI=1S/C39H52N8O5/c1-27-10-7-11-28-12-8-13-32(33(27)28)44-21-15-30-31(25-44)41-35(42-34(30)45-22-23-46(36(48)49)29(24-45)14-18-40)51-26-39(16-17-39)47(20-9-19-43(5)6)37(50)52-38(2,3)4/h7-8,10-13,29H,9,14-17,19-26H2,1-6H3,(H,48,49)/t29-/m0/s1. The van der Waals surface area contributed by atoms with Gasteiger partial charge >= 0.3 is 18.2 Å². The van der Waals surface area contributed by atoms with Gasteiger partial charge in [-0.25, -0.2) is 9.59 Å². The van der Waals surface area contributed by atoms with Crippen LogP contribution in [0.4, 0.5) is 21.1 Å². The van der Waals surface area contributed by atoms with Crippen LogP contribution in [0.1, 0.15) is 63.3 Å². The summed E-state index contributed by atoms with van der Waals surface area (Å²) in [5, 5.41) is 21.8. The minimum Gasteiger partial charge on any atom is -0.465 e. The van der Waals surface area contributed by atoms with E-state index in [0.29, 0.717) is 32.6 Å². The van der Waals surface area contributed by atoms with Crippen LogP contribution in [0.25, 0.3) is 10.8 Å². The maximum Gasteiger partial charge on any atom is 0.410 e. The van der Waals surface area contributed by atoms with Crippen molar-refractivity contribution in [2.75, 3.05) is 69.8 Å². The number of nitriles is 1. The average molecular weight is 713 g/mol. The van der Waals surface area contributed by atoms with Gasteiger partial charge in [0, 0.05) is 49.4 Å². The molecule has 1 aromatic heterocycles. The van der Waals surface area contributed by atoms with Gasteiger partial charge in [-0.2, -0.15) is 15.2 Å². The first-order valence-corrected chi connectivity index (χ1v) is 18.3. The number of amides is 2. The van der Waals surface area contributed by atoms with Gasteiger partial charge in [0.2, 0.25) is 0 Å². The second-order valence-corrected chi connectivity index (χ2v) is 15.6. The molecule has 3 aliphatic rings. The van der Waals surface area contributed by atoms with Crippen LogP contribution >= 0.6 is 0 Å². The zero-order valence-corrected chi connectivity index (χ0v) is 31.4. The lowest BCUT2D eigenvalue weighted by Gasteiger charge is -2.41. The summed E-state index contributed by atoms with van der Waals surface area (Å²) in [6.07, 6.45) is 1.77. The fourth-order valence-corrected chi connectivity index (χ4v) is 7.49. The Morgan fingerprint density at radius 2 is 1.81 bits per heavy atom. The zero-order valence-electron chi connectivity index (χ0n) is 31.4. The van der Waals surface area contributed by atoms with Gasteiger partial charge in [0.25, 0.3) is 0 Å². The molecule has 0 unspecified atom stereocenters. The summed E-state index contributed by atoms with van der Waals surface area (Å²) in [6.45, 7) is 11.7. The van der Waals surface area contributed by atoms with Gasteiger partial charge in [-0.05, 0) is 91.0 Å². The molecular formula is C39H52N8O5. The Balaban J connectivity index is 1.32. The van der Waals surface area contributed by atoms with Crippen LogP contribution in [0.15, 0.2) is 36.4 Å². The van der Waals surface area contributed by atoms with Gasteiger partial charge in [0.05, 0.1) is 36.3 Å². The first kappa shape index (κ1) is 36.9. The van der Waals surface area contributed by atoms with Crippen molar-refractivity contribution < 1.29 is 24.2 Å². The number of nitrogens with zero attached hydrogens (tertiary/aromatic N) is 8. The second kappa shape index (κ2) is 15.0. The fourth-order valence-electron chi connectivity index (χ4n) is 7.49. The molecule has 1 aliphatic carbocycles. The Labute approximate surface area is 306 Å². The molecular weight excluding hydrogens is 660 g/mol. The number of rotatable bonds is 11. The van der Waals surface area contributed by atoms with E-state index in [1.165, 1.54) is 21.2 Å². The lowest BCUT2D eigenvalue weighted by Crippen LogP contribution is -2.55. The van der Waals surface area contributed by atoms with Crippen molar-refractivity contribution in [2.45, 2.75) is 83.5 Å². The summed E-state index contributed by atoms with van der Waals surface area (Å²) in [6, 6.07) is 14.7. The Morgan fingerprint density at radius 3 is 2.48 bits per heavy atom. The average Bonchev–Trinajstić information content (AvgIpc) is 3.88. The van der Waals surface area contributed by atoms with Crippen LogP contribution < -0.4 is 14.5 Å². The summed E-state index contributed by atoms with van der Waals surface area (Å²) in [4.78, 5) is 45.4. The Kier molecular flexibility index (Phi) is 10.7. The van der Waals surface area contributed by atoms with Gasteiger partial charge in [0.15, 0.2) is 0 Å². The van der Waals surface area contributed by atoms with Crippen molar-refractivity contribution in [1.29, 1.82) is 5.26 Å². The van der Waals surface area contributed by atoms with Crippen LogP contribution in [0.5, 0.6) is 6.01 Å². The van der Waals surface area contributed by atoms with Crippen LogP contribution in [-0.4, -0.2) is 119 Å². The maximum absolute atomic E-state index is 13.6. The summed E-state index contributed by atoms with van der Waals surface area (Å²) >= 11 is 0. The third-order valence-electron chi connectivity index (χ3n) is 10.3.